The molecule has 0 amide bonds. The van der Waals surface area contributed by atoms with Gasteiger partial charge in [0, 0.05) is 0 Å². The van der Waals surface area contributed by atoms with Gasteiger partial charge in [-0.05, 0) is 10.5 Å². The molecule has 4 heteroatoms. The first-order valence-corrected chi connectivity index (χ1v) is 5.48. The van der Waals surface area contributed by atoms with Crippen molar-refractivity contribution in [2.45, 2.75) is 32.3 Å². The normalized spacial score (nSPS) is 14.0. The van der Waals surface area contributed by atoms with E-state index in [-0.39, 0.29) is 0 Å². The fourth-order valence-electron chi connectivity index (χ4n) is 0.924. The van der Waals surface area contributed by atoms with Gasteiger partial charge in [0.2, 0.25) is 0 Å². The Morgan fingerprint density at radius 3 is 2.69 bits per heavy atom. The van der Waals surface area contributed by atoms with E-state index in [4.69, 9.17) is 0 Å². The molecule has 0 rings (SSSR count). The van der Waals surface area contributed by atoms with E-state index in [0.717, 1.165) is 12.8 Å². The highest BCUT2D eigenvalue weighted by Gasteiger charge is 2.17. The summed E-state index contributed by atoms with van der Waals surface area (Å²) in [7, 11) is 1.31. The lowest BCUT2D eigenvalue weighted by Gasteiger charge is -2.11. The van der Waals surface area contributed by atoms with Crippen molar-refractivity contribution in [3.63, 3.8) is 0 Å². The van der Waals surface area contributed by atoms with Crippen LogP contribution in [-0.4, -0.2) is 24.3 Å². The van der Waals surface area contributed by atoms with Crippen molar-refractivity contribution in [2.75, 3.05) is 7.11 Å². The fourth-order valence-corrected chi connectivity index (χ4v) is 1.59. The molecule has 0 aliphatic rings. The standard InChI is InChI=1S/C9H15IO3/c1-3-4-5-8(11)7(6-10)9(12)13-2/h6,8,11H,3-5H2,1-2H3/b7-6-. The number of ether oxygens (including phenoxy) is 1. The first kappa shape index (κ1) is 12.9. The van der Waals surface area contributed by atoms with Gasteiger partial charge in [-0.2, -0.15) is 0 Å². The molecule has 0 heterocycles. The number of aliphatic hydroxyl groups is 1. The van der Waals surface area contributed by atoms with Crippen molar-refractivity contribution in [1.82, 2.24) is 0 Å². The molecule has 0 saturated heterocycles. The largest absolute Gasteiger partial charge is 0.466 e. The Balaban J connectivity index is 4.16. The Bertz CT molecular complexity index is 189. The average Bonchev–Trinajstić information content (AvgIpc) is 2.15. The van der Waals surface area contributed by atoms with Crippen LogP contribution in [0.4, 0.5) is 0 Å². The van der Waals surface area contributed by atoms with Crippen LogP contribution >= 0.6 is 22.6 Å². The lowest BCUT2D eigenvalue weighted by molar-refractivity contribution is -0.137. The third-order valence-electron chi connectivity index (χ3n) is 1.73. The van der Waals surface area contributed by atoms with E-state index in [0.29, 0.717) is 12.0 Å². The van der Waals surface area contributed by atoms with E-state index >= 15 is 0 Å². The monoisotopic (exact) mass is 298 g/mol. The molecule has 0 aromatic heterocycles. The van der Waals surface area contributed by atoms with Crippen LogP contribution in [0.2, 0.25) is 0 Å². The maximum absolute atomic E-state index is 11.1. The lowest BCUT2D eigenvalue weighted by atomic mass is 10.1. The molecule has 76 valence electrons. The van der Waals surface area contributed by atoms with E-state index in [1.54, 1.807) is 4.08 Å². The van der Waals surface area contributed by atoms with E-state index < -0.39 is 12.1 Å². The third-order valence-corrected chi connectivity index (χ3v) is 2.40. The van der Waals surface area contributed by atoms with Gasteiger partial charge in [-0.15, -0.1) is 0 Å². The molecule has 0 aliphatic carbocycles. The summed E-state index contributed by atoms with van der Waals surface area (Å²) >= 11 is 1.93. The zero-order valence-corrected chi connectivity index (χ0v) is 10.1. The molecule has 0 saturated carbocycles. The quantitative estimate of drug-likeness (QED) is 0.480. The second-order valence-corrected chi connectivity index (χ2v) is 3.34. The second kappa shape index (κ2) is 7.32. The zero-order chi connectivity index (χ0) is 10.3. The zero-order valence-electron chi connectivity index (χ0n) is 7.92. The minimum absolute atomic E-state index is 0.344. The molecule has 13 heavy (non-hydrogen) atoms. The van der Waals surface area contributed by atoms with Crippen LogP contribution in [0.25, 0.3) is 0 Å². The molecule has 1 N–H and O–H groups in total. The number of methoxy groups -OCH3 is 1. The number of rotatable bonds is 5. The van der Waals surface area contributed by atoms with Crippen molar-refractivity contribution in [1.29, 1.82) is 0 Å². The topological polar surface area (TPSA) is 46.5 Å². The Hall–Kier alpha value is -0.100. The Morgan fingerprint density at radius 1 is 1.69 bits per heavy atom. The summed E-state index contributed by atoms with van der Waals surface area (Å²) in [6.45, 7) is 2.04. The molecule has 0 radical (unpaired) electrons. The van der Waals surface area contributed by atoms with Crippen LogP contribution in [0, 0.1) is 0 Å². The Labute approximate surface area is 92.3 Å². The summed E-state index contributed by atoms with van der Waals surface area (Å²) in [6, 6.07) is 0. The third kappa shape index (κ3) is 4.61. The lowest BCUT2D eigenvalue weighted by Crippen LogP contribution is -2.18. The van der Waals surface area contributed by atoms with Gasteiger partial charge < -0.3 is 9.84 Å². The van der Waals surface area contributed by atoms with Gasteiger partial charge in [0.1, 0.15) is 0 Å². The van der Waals surface area contributed by atoms with Gasteiger partial charge in [0.25, 0.3) is 0 Å². The molecule has 0 aromatic carbocycles. The van der Waals surface area contributed by atoms with Gasteiger partial charge in [-0.25, -0.2) is 4.79 Å². The van der Waals surface area contributed by atoms with Crippen molar-refractivity contribution in [3.05, 3.63) is 9.66 Å². The SMILES string of the molecule is CCCCC(O)/C(=C/I)C(=O)OC. The van der Waals surface area contributed by atoms with Gasteiger partial charge in [-0.3, -0.25) is 0 Å². The van der Waals surface area contributed by atoms with Crippen LogP contribution < -0.4 is 0 Å². The Morgan fingerprint density at radius 2 is 2.31 bits per heavy atom. The average molecular weight is 298 g/mol. The summed E-state index contributed by atoms with van der Waals surface area (Å²) in [6.07, 6.45) is 1.84. The minimum Gasteiger partial charge on any atom is -0.466 e. The van der Waals surface area contributed by atoms with E-state index in [2.05, 4.69) is 4.74 Å². The molecule has 0 aliphatic heterocycles. The number of carbonyl (C=O) groups excluding carboxylic acids is 1. The Kier molecular flexibility index (Phi) is 7.26. The van der Waals surface area contributed by atoms with Crippen LogP contribution in [0.3, 0.4) is 0 Å². The van der Waals surface area contributed by atoms with E-state index in [9.17, 15) is 9.90 Å². The predicted octanol–water partition coefficient (Wildman–Crippen LogP) is 2.03. The number of aliphatic hydroxyl groups excluding tert-OH is 1. The van der Waals surface area contributed by atoms with Crippen LogP contribution in [-0.2, 0) is 9.53 Å². The van der Waals surface area contributed by atoms with Crippen molar-refractivity contribution >= 4 is 28.6 Å². The molecule has 3 nitrogen and oxygen atoms in total. The highest BCUT2D eigenvalue weighted by molar-refractivity contribution is 14.1. The highest BCUT2D eigenvalue weighted by atomic mass is 127. The predicted molar refractivity (Wildman–Crippen MR) is 59.7 cm³/mol. The maximum atomic E-state index is 11.1. The highest BCUT2D eigenvalue weighted by Crippen LogP contribution is 2.13. The van der Waals surface area contributed by atoms with Gasteiger partial charge in [0.05, 0.1) is 18.8 Å². The summed E-state index contributed by atoms with van der Waals surface area (Å²) in [5.74, 6) is -0.446. The van der Waals surface area contributed by atoms with Gasteiger partial charge in [-0.1, -0.05) is 42.4 Å². The van der Waals surface area contributed by atoms with Crippen molar-refractivity contribution < 1.29 is 14.6 Å². The number of carbonyl (C=O) groups is 1. The first-order chi connectivity index (χ1) is 6.17. The molecular weight excluding hydrogens is 283 g/mol. The summed E-state index contributed by atoms with van der Waals surface area (Å²) in [5.41, 5.74) is 0.344. The number of hydrogen-bond acceptors (Lipinski definition) is 3. The molecule has 1 atom stereocenters. The van der Waals surface area contributed by atoms with Crippen LogP contribution in [0.15, 0.2) is 9.66 Å². The van der Waals surface area contributed by atoms with Crippen LogP contribution in [0.1, 0.15) is 26.2 Å². The summed E-state index contributed by atoms with van der Waals surface area (Å²) in [5, 5.41) is 9.57. The van der Waals surface area contributed by atoms with E-state index in [1.165, 1.54) is 7.11 Å². The van der Waals surface area contributed by atoms with Crippen molar-refractivity contribution in [3.8, 4) is 0 Å². The fraction of sp³-hybridized carbons (Fsp3) is 0.667. The number of hydrogen-bond donors (Lipinski definition) is 1. The summed E-state index contributed by atoms with van der Waals surface area (Å²) < 4.78 is 6.11. The van der Waals surface area contributed by atoms with Crippen molar-refractivity contribution in [2.24, 2.45) is 0 Å². The molecule has 0 fully saturated rings. The van der Waals surface area contributed by atoms with E-state index in [1.807, 2.05) is 29.5 Å². The first-order valence-electron chi connectivity index (χ1n) is 4.24. The smallest absolute Gasteiger partial charge is 0.336 e. The van der Waals surface area contributed by atoms with Crippen LogP contribution in [0.5, 0.6) is 0 Å². The molecule has 0 bridgehead atoms. The summed E-state index contributed by atoms with van der Waals surface area (Å²) in [4.78, 5) is 11.1. The van der Waals surface area contributed by atoms with Gasteiger partial charge >= 0.3 is 5.97 Å². The minimum atomic E-state index is -0.690. The number of halogens is 1. The molecule has 1 unspecified atom stereocenters. The molecule has 0 spiro atoms. The number of unbranched alkanes of at least 4 members (excludes halogenated alkanes) is 1. The maximum Gasteiger partial charge on any atom is 0.336 e. The number of esters is 1. The molecular formula is C9H15IO3. The molecule has 0 aromatic rings. The van der Waals surface area contributed by atoms with Gasteiger partial charge in [0.15, 0.2) is 0 Å². The second-order valence-electron chi connectivity index (χ2n) is 2.71.